The van der Waals surface area contributed by atoms with Gasteiger partial charge in [0.2, 0.25) is 0 Å². The van der Waals surface area contributed by atoms with E-state index in [9.17, 15) is 18.8 Å². The van der Waals surface area contributed by atoms with Crippen LogP contribution in [0.5, 0.6) is 0 Å². The number of Topliss-reactive ketones (excluding diaryl/α,β-unsaturated/α-hetero) is 1. The number of ketones is 1. The number of methoxy groups -OCH3 is 2. The van der Waals surface area contributed by atoms with Crippen LogP contribution in [0.1, 0.15) is 12.8 Å². The minimum absolute atomic E-state index is 0.280. The Morgan fingerprint density at radius 3 is 2.05 bits per heavy atom. The largest absolute Gasteiger partial charge is 0.469 e. The van der Waals surface area contributed by atoms with Gasteiger partial charge in [0.1, 0.15) is 18.7 Å². The first-order valence-corrected chi connectivity index (χ1v) is 6.28. The molecular weight excluding hydrogens is 319 g/mol. The van der Waals surface area contributed by atoms with Gasteiger partial charge in [0, 0.05) is 0 Å². The summed E-state index contributed by atoms with van der Waals surface area (Å²) in [6, 6.07) is 3.94. The van der Waals surface area contributed by atoms with Crippen molar-refractivity contribution in [1.82, 2.24) is 0 Å². The van der Waals surface area contributed by atoms with E-state index in [2.05, 4.69) is 14.9 Å². The number of carbonyl (C=O) groups excluding carboxylic acids is 3. The molecule has 0 heterocycles. The highest BCUT2D eigenvalue weighted by atomic mass is 35.5. The minimum Gasteiger partial charge on any atom is -0.469 e. The van der Waals surface area contributed by atoms with Crippen LogP contribution in [-0.2, 0) is 23.9 Å². The van der Waals surface area contributed by atoms with E-state index in [4.69, 9.17) is 17.4 Å². The number of hydrazine groups is 1. The average molecular weight is 335 g/mol. The zero-order valence-electron chi connectivity index (χ0n) is 12.0. The number of rotatable bonds is 5. The molecule has 0 radical (unpaired) electrons. The molecule has 0 aromatic heterocycles. The fourth-order valence-electron chi connectivity index (χ4n) is 1.14. The summed E-state index contributed by atoms with van der Waals surface area (Å²) >= 11 is 5.55. The molecule has 122 valence electrons. The Morgan fingerprint density at radius 1 is 1.18 bits per heavy atom. The number of benzene rings is 1. The molecule has 1 rings (SSSR count). The van der Waals surface area contributed by atoms with Gasteiger partial charge in [-0.15, -0.1) is 0 Å². The van der Waals surface area contributed by atoms with Crippen LogP contribution in [0, 0.1) is 5.82 Å². The molecule has 22 heavy (non-hydrogen) atoms. The number of anilines is 1. The lowest BCUT2D eigenvalue weighted by Gasteiger charge is -2.00. The monoisotopic (exact) mass is 334 g/mol. The third-order valence-electron chi connectivity index (χ3n) is 2.22. The second-order valence-electron chi connectivity index (χ2n) is 3.81. The van der Waals surface area contributed by atoms with Crippen LogP contribution in [-0.4, -0.2) is 31.9 Å². The first kappa shape index (κ1) is 19.8. The standard InChI is InChI=1S/C7H10O5.C6H6ClFN2/c1-11-6(9)3-5(8)4-7(10)12-2;7-5-3-4(8)1-2-6(5)10-9/h3-4H2,1-2H3;1-3,10H,9H2. The van der Waals surface area contributed by atoms with Gasteiger partial charge in [-0.25, -0.2) is 4.39 Å². The Hall–Kier alpha value is -2.19. The van der Waals surface area contributed by atoms with Crippen LogP contribution in [0.4, 0.5) is 10.1 Å². The summed E-state index contributed by atoms with van der Waals surface area (Å²) in [5.74, 6) is 2.87. The Morgan fingerprint density at radius 2 is 1.68 bits per heavy atom. The summed E-state index contributed by atoms with van der Waals surface area (Å²) in [4.78, 5) is 31.8. The fraction of sp³-hybridized carbons (Fsp3) is 0.308. The topological polar surface area (TPSA) is 108 Å². The maximum Gasteiger partial charge on any atom is 0.313 e. The van der Waals surface area contributed by atoms with E-state index in [1.807, 2.05) is 0 Å². The van der Waals surface area contributed by atoms with Gasteiger partial charge in [0.25, 0.3) is 0 Å². The number of hydrogen-bond donors (Lipinski definition) is 2. The molecule has 0 saturated carbocycles. The molecule has 0 fully saturated rings. The van der Waals surface area contributed by atoms with Crippen molar-refractivity contribution >= 4 is 35.0 Å². The molecule has 0 bridgehead atoms. The van der Waals surface area contributed by atoms with Gasteiger partial charge in [-0.2, -0.15) is 0 Å². The molecule has 0 unspecified atom stereocenters. The van der Waals surface area contributed by atoms with Gasteiger partial charge in [-0.1, -0.05) is 11.6 Å². The highest BCUT2D eigenvalue weighted by Crippen LogP contribution is 2.20. The molecule has 0 saturated heterocycles. The fourth-order valence-corrected chi connectivity index (χ4v) is 1.36. The van der Waals surface area contributed by atoms with E-state index < -0.39 is 17.7 Å². The van der Waals surface area contributed by atoms with Crippen LogP contribution in [0.15, 0.2) is 18.2 Å². The lowest BCUT2D eigenvalue weighted by molar-refractivity contribution is -0.146. The molecule has 0 aliphatic carbocycles. The van der Waals surface area contributed by atoms with Gasteiger partial charge in [-0.05, 0) is 18.2 Å². The van der Waals surface area contributed by atoms with Gasteiger partial charge < -0.3 is 14.9 Å². The molecule has 9 heteroatoms. The number of hydrogen-bond acceptors (Lipinski definition) is 7. The first-order valence-electron chi connectivity index (χ1n) is 5.91. The Bertz CT molecular complexity index is 519. The van der Waals surface area contributed by atoms with E-state index in [0.29, 0.717) is 5.69 Å². The smallest absolute Gasteiger partial charge is 0.313 e. The summed E-state index contributed by atoms with van der Waals surface area (Å²) < 4.78 is 20.8. The normalized spacial score (nSPS) is 9.14. The van der Waals surface area contributed by atoms with Gasteiger partial charge >= 0.3 is 11.9 Å². The average Bonchev–Trinajstić information content (AvgIpc) is 2.47. The zero-order valence-corrected chi connectivity index (χ0v) is 12.8. The van der Waals surface area contributed by atoms with Crippen LogP contribution in [0.2, 0.25) is 5.02 Å². The third-order valence-corrected chi connectivity index (χ3v) is 2.54. The molecule has 7 nitrogen and oxygen atoms in total. The summed E-state index contributed by atoms with van der Waals surface area (Å²) in [5.41, 5.74) is 2.84. The minimum atomic E-state index is -0.649. The van der Waals surface area contributed by atoms with E-state index in [0.717, 1.165) is 0 Å². The van der Waals surface area contributed by atoms with Crippen LogP contribution < -0.4 is 11.3 Å². The molecule has 1 aromatic rings. The lowest BCUT2D eigenvalue weighted by Crippen LogP contribution is -2.14. The predicted molar refractivity (Wildman–Crippen MR) is 77.5 cm³/mol. The van der Waals surface area contributed by atoms with Crippen molar-refractivity contribution in [2.45, 2.75) is 12.8 Å². The molecular formula is C13H16ClFN2O5. The van der Waals surface area contributed by atoms with Crippen LogP contribution in [0.25, 0.3) is 0 Å². The van der Waals surface area contributed by atoms with E-state index >= 15 is 0 Å². The molecule has 0 aliphatic rings. The summed E-state index contributed by atoms with van der Waals surface area (Å²) in [6.07, 6.45) is -0.767. The molecule has 1 aromatic carbocycles. The van der Waals surface area contributed by atoms with Gasteiger partial charge in [0.05, 0.1) is 24.9 Å². The molecule has 0 amide bonds. The number of carbonyl (C=O) groups is 3. The molecule has 3 N–H and O–H groups in total. The maximum absolute atomic E-state index is 12.3. The molecule has 0 spiro atoms. The van der Waals surface area contributed by atoms with E-state index in [-0.39, 0.29) is 23.7 Å². The van der Waals surface area contributed by atoms with Crippen molar-refractivity contribution < 1.29 is 28.2 Å². The van der Waals surface area contributed by atoms with Crippen molar-refractivity contribution in [1.29, 1.82) is 0 Å². The molecule has 0 aliphatic heterocycles. The van der Waals surface area contributed by atoms with Crippen LogP contribution >= 0.6 is 11.6 Å². The summed E-state index contributed by atoms with van der Waals surface area (Å²) in [6.45, 7) is 0. The van der Waals surface area contributed by atoms with Crippen molar-refractivity contribution in [3.8, 4) is 0 Å². The van der Waals surface area contributed by atoms with Crippen LogP contribution in [0.3, 0.4) is 0 Å². The summed E-state index contributed by atoms with van der Waals surface area (Å²) in [5, 5.41) is 0.280. The van der Waals surface area contributed by atoms with Crippen molar-refractivity contribution in [3.63, 3.8) is 0 Å². The van der Waals surface area contributed by atoms with Crippen molar-refractivity contribution in [2.24, 2.45) is 5.84 Å². The predicted octanol–water partition coefficient (Wildman–Crippen LogP) is 1.45. The Balaban J connectivity index is 0.000000406. The Labute approximate surface area is 131 Å². The van der Waals surface area contributed by atoms with Crippen molar-refractivity contribution in [2.75, 3.05) is 19.6 Å². The summed E-state index contributed by atoms with van der Waals surface area (Å²) in [7, 11) is 2.35. The second-order valence-corrected chi connectivity index (χ2v) is 4.22. The number of esters is 2. The first-order chi connectivity index (χ1) is 10.3. The number of nitrogens with one attached hydrogen (secondary N) is 1. The van der Waals surface area contributed by atoms with Gasteiger partial charge in [-0.3, -0.25) is 20.2 Å². The molecule has 0 atom stereocenters. The highest BCUT2D eigenvalue weighted by Gasteiger charge is 2.13. The second kappa shape index (κ2) is 10.5. The number of nitrogen functional groups attached to an aromatic ring is 1. The number of ether oxygens (including phenoxy) is 2. The lowest BCUT2D eigenvalue weighted by atomic mass is 10.2. The zero-order chi connectivity index (χ0) is 17.1. The number of nitrogens with two attached hydrogens (primary N) is 1. The quantitative estimate of drug-likeness (QED) is 0.363. The SMILES string of the molecule is COC(=O)CC(=O)CC(=O)OC.NNc1ccc(F)cc1Cl. The van der Waals surface area contributed by atoms with E-state index in [1.165, 1.54) is 32.4 Å². The van der Waals surface area contributed by atoms with E-state index in [1.54, 1.807) is 0 Å². The van der Waals surface area contributed by atoms with Crippen molar-refractivity contribution in [3.05, 3.63) is 29.0 Å². The number of halogens is 2. The highest BCUT2D eigenvalue weighted by molar-refractivity contribution is 6.33. The Kier molecular flexibility index (Phi) is 9.48. The van der Waals surface area contributed by atoms with Gasteiger partial charge in [0.15, 0.2) is 5.78 Å². The maximum atomic E-state index is 12.3. The third kappa shape index (κ3) is 8.18.